The van der Waals surface area contributed by atoms with Crippen LogP contribution in [0.2, 0.25) is 0 Å². The lowest BCUT2D eigenvalue weighted by molar-refractivity contribution is -0.141. The van der Waals surface area contributed by atoms with Crippen LogP contribution in [-0.2, 0) is 19.1 Å². The summed E-state index contributed by atoms with van der Waals surface area (Å²) < 4.78 is 12.6. The monoisotopic (exact) mass is 566 g/mol. The van der Waals surface area contributed by atoms with E-state index in [1.54, 1.807) is 17.7 Å². The smallest absolute Gasteiger partial charge is 0.302 e. The number of aromatic nitrogens is 2. The minimum atomic E-state index is -0.659. The normalized spacial score (nSPS) is 14.5. The molecular weight excluding hydrogens is 532 g/mol. The van der Waals surface area contributed by atoms with Crippen LogP contribution in [0.4, 0.5) is 0 Å². The van der Waals surface area contributed by atoms with Gasteiger partial charge in [0, 0.05) is 36.4 Å². The van der Waals surface area contributed by atoms with E-state index in [4.69, 9.17) is 14.6 Å². The largest absolute Gasteiger partial charge is 0.494 e. The van der Waals surface area contributed by atoms with Crippen molar-refractivity contribution in [2.75, 3.05) is 19.8 Å². The van der Waals surface area contributed by atoms with E-state index >= 15 is 0 Å². The van der Waals surface area contributed by atoms with Crippen molar-refractivity contribution in [1.82, 2.24) is 14.7 Å². The van der Waals surface area contributed by atoms with Crippen molar-refractivity contribution < 1.29 is 23.9 Å². The van der Waals surface area contributed by atoms with Gasteiger partial charge in [-0.05, 0) is 73.7 Å². The number of hydrogen-bond acceptors (Lipinski definition) is 7. The average molecular weight is 567 g/mol. The van der Waals surface area contributed by atoms with Crippen molar-refractivity contribution in [1.29, 1.82) is 5.26 Å². The van der Waals surface area contributed by atoms with Crippen LogP contribution >= 0.6 is 0 Å². The molecule has 0 unspecified atom stereocenters. The number of ether oxygens (including phenoxy) is 2. The maximum absolute atomic E-state index is 13.6. The highest BCUT2D eigenvalue weighted by Gasteiger charge is 2.35. The van der Waals surface area contributed by atoms with E-state index in [1.807, 2.05) is 66.9 Å². The van der Waals surface area contributed by atoms with Crippen molar-refractivity contribution >= 4 is 23.9 Å². The van der Waals surface area contributed by atoms with Crippen LogP contribution in [-0.4, -0.2) is 52.2 Å². The van der Waals surface area contributed by atoms with E-state index in [1.165, 1.54) is 6.92 Å². The number of carbonyl (C=O) groups is 3. The number of nitriles is 1. The average Bonchev–Trinajstić information content (AvgIpc) is 3.39. The van der Waals surface area contributed by atoms with Gasteiger partial charge in [0.15, 0.2) is 0 Å². The second-order valence-corrected chi connectivity index (χ2v) is 10.4. The van der Waals surface area contributed by atoms with E-state index in [0.717, 1.165) is 28.3 Å². The van der Waals surface area contributed by atoms with Crippen LogP contribution in [0.3, 0.4) is 0 Å². The number of benzene rings is 2. The van der Waals surface area contributed by atoms with E-state index in [0.29, 0.717) is 29.4 Å². The molecule has 0 saturated heterocycles. The third kappa shape index (κ3) is 7.02. The first-order valence-corrected chi connectivity index (χ1v) is 13.9. The first kappa shape index (κ1) is 30.0. The number of rotatable bonds is 11. The summed E-state index contributed by atoms with van der Waals surface area (Å²) in [5, 5.41) is 14.6. The highest BCUT2D eigenvalue weighted by molar-refractivity contribution is 6.19. The molecule has 0 saturated carbocycles. The van der Waals surface area contributed by atoms with Gasteiger partial charge in [-0.15, -0.1) is 0 Å². The van der Waals surface area contributed by atoms with E-state index in [-0.39, 0.29) is 30.7 Å². The molecule has 4 rings (SSSR count). The van der Waals surface area contributed by atoms with Crippen LogP contribution < -0.4 is 4.74 Å². The minimum absolute atomic E-state index is 0.00908. The lowest BCUT2D eigenvalue weighted by Gasteiger charge is -2.27. The molecule has 1 aliphatic rings. The molecule has 0 aliphatic carbocycles. The summed E-state index contributed by atoms with van der Waals surface area (Å²) in [7, 11) is 0. The van der Waals surface area contributed by atoms with Crippen LogP contribution in [0.15, 0.2) is 77.5 Å². The van der Waals surface area contributed by atoms with Gasteiger partial charge >= 0.3 is 5.97 Å². The molecule has 1 aromatic heterocycles. The molecule has 0 bridgehead atoms. The van der Waals surface area contributed by atoms with E-state index < -0.39 is 17.8 Å². The van der Waals surface area contributed by atoms with Gasteiger partial charge in [0.05, 0.1) is 24.6 Å². The van der Waals surface area contributed by atoms with Gasteiger partial charge in [0.25, 0.3) is 11.8 Å². The Labute approximate surface area is 245 Å². The molecule has 9 nitrogen and oxygen atoms in total. The molecule has 0 fully saturated rings. The number of para-hydroxylation sites is 1. The first-order valence-electron chi connectivity index (χ1n) is 13.9. The predicted octanol–water partition coefficient (Wildman–Crippen LogP) is 5.51. The Morgan fingerprint density at radius 1 is 1.05 bits per heavy atom. The van der Waals surface area contributed by atoms with E-state index in [2.05, 4.69) is 13.8 Å². The molecule has 0 spiro atoms. The zero-order chi connectivity index (χ0) is 30.2. The minimum Gasteiger partial charge on any atom is -0.494 e. The topological polar surface area (TPSA) is 115 Å². The molecule has 2 heterocycles. The fourth-order valence-corrected chi connectivity index (χ4v) is 4.48. The lowest BCUT2D eigenvalue weighted by Crippen LogP contribution is -2.43. The molecule has 2 amide bonds. The van der Waals surface area contributed by atoms with Crippen molar-refractivity contribution in [3.8, 4) is 28.8 Å². The number of amides is 2. The lowest BCUT2D eigenvalue weighted by atomic mass is 9.93. The number of hydrogen-bond donors (Lipinski definition) is 0. The van der Waals surface area contributed by atoms with Crippen molar-refractivity contribution in [3.63, 3.8) is 0 Å². The Bertz CT molecular complexity index is 1560. The third-order valence-corrected chi connectivity index (χ3v) is 6.81. The molecule has 9 heteroatoms. The van der Waals surface area contributed by atoms with Gasteiger partial charge in [-0.25, -0.2) is 4.68 Å². The fourth-order valence-electron chi connectivity index (χ4n) is 4.48. The maximum Gasteiger partial charge on any atom is 0.302 e. The highest BCUT2D eigenvalue weighted by Crippen LogP contribution is 2.32. The Morgan fingerprint density at radius 3 is 2.40 bits per heavy atom. The standard InChI is InChI=1S/C33H34N4O5/c1-22(2)15-18-42-28-13-11-25(12-14-28)31-26(21-37(35-31)27-9-6-5-7-10-27)19-29-23(3)30(20-34)33(40)36(32(29)39)16-8-17-41-24(4)38/h5-7,9-14,19,21-22H,8,15-18H2,1-4H3/b29-19+. The fraction of sp³-hybridized carbons (Fsp3) is 0.303. The van der Waals surface area contributed by atoms with Gasteiger partial charge < -0.3 is 9.47 Å². The molecule has 42 heavy (non-hydrogen) atoms. The summed E-state index contributed by atoms with van der Waals surface area (Å²) in [6.45, 7) is 7.88. The molecule has 0 radical (unpaired) electrons. The number of carbonyl (C=O) groups excluding carboxylic acids is 3. The predicted molar refractivity (Wildman–Crippen MR) is 158 cm³/mol. The summed E-state index contributed by atoms with van der Waals surface area (Å²) in [5.74, 6) is -0.327. The quantitative estimate of drug-likeness (QED) is 0.130. The van der Waals surface area contributed by atoms with Gasteiger partial charge in [-0.3, -0.25) is 19.3 Å². The zero-order valence-electron chi connectivity index (χ0n) is 24.3. The third-order valence-electron chi connectivity index (χ3n) is 6.81. The Hall–Kier alpha value is -4.97. The van der Waals surface area contributed by atoms with Crippen molar-refractivity contribution in [2.24, 2.45) is 5.92 Å². The molecule has 0 atom stereocenters. The van der Waals surface area contributed by atoms with Gasteiger partial charge in [-0.2, -0.15) is 10.4 Å². The summed E-state index contributed by atoms with van der Waals surface area (Å²) >= 11 is 0. The second kappa shape index (κ2) is 13.6. The summed E-state index contributed by atoms with van der Waals surface area (Å²) in [6, 6.07) is 19.2. The van der Waals surface area contributed by atoms with Crippen LogP contribution in [0, 0.1) is 17.2 Å². The van der Waals surface area contributed by atoms with Crippen LogP contribution in [0.1, 0.15) is 46.1 Å². The highest BCUT2D eigenvalue weighted by atomic mass is 16.5. The number of nitrogens with zero attached hydrogens (tertiary/aromatic N) is 4. The Balaban J connectivity index is 1.73. The second-order valence-electron chi connectivity index (χ2n) is 10.4. The van der Waals surface area contributed by atoms with Gasteiger partial charge in [0.2, 0.25) is 0 Å². The van der Waals surface area contributed by atoms with Gasteiger partial charge in [-0.1, -0.05) is 32.0 Å². The van der Waals surface area contributed by atoms with Crippen LogP contribution in [0.25, 0.3) is 23.0 Å². The molecule has 1 aliphatic heterocycles. The van der Waals surface area contributed by atoms with Crippen molar-refractivity contribution in [3.05, 3.63) is 83.1 Å². The zero-order valence-corrected chi connectivity index (χ0v) is 24.3. The maximum atomic E-state index is 13.6. The summed E-state index contributed by atoms with van der Waals surface area (Å²) in [5.41, 5.74) is 3.33. The Morgan fingerprint density at radius 2 is 1.76 bits per heavy atom. The molecule has 2 aromatic carbocycles. The SMILES string of the molecule is CC(=O)OCCCN1C(=O)C(C#N)=C(C)/C(=C\c2cn(-c3ccccc3)nc2-c2ccc(OCCC(C)C)cc2)C1=O. The number of esters is 1. The summed E-state index contributed by atoms with van der Waals surface area (Å²) in [6.07, 6.45) is 4.70. The first-order chi connectivity index (χ1) is 20.2. The Kier molecular flexibility index (Phi) is 9.71. The molecular formula is C33H34N4O5. The van der Waals surface area contributed by atoms with Gasteiger partial charge in [0.1, 0.15) is 17.4 Å². The number of imide groups is 1. The molecule has 216 valence electrons. The summed E-state index contributed by atoms with van der Waals surface area (Å²) in [4.78, 5) is 38.7. The molecule has 3 aromatic rings. The van der Waals surface area contributed by atoms with Crippen molar-refractivity contribution in [2.45, 2.75) is 40.5 Å². The molecule has 0 N–H and O–H groups in total. The van der Waals surface area contributed by atoms with Crippen LogP contribution in [0.5, 0.6) is 5.75 Å². The van der Waals surface area contributed by atoms with E-state index in [9.17, 15) is 19.6 Å².